The van der Waals surface area contributed by atoms with Crippen LogP contribution < -0.4 is 5.73 Å². The van der Waals surface area contributed by atoms with Crippen LogP contribution in [0.4, 0.5) is 0 Å². The zero-order chi connectivity index (χ0) is 13.9. The highest BCUT2D eigenvalue weighted by atomic mass is 35.5. The Hall–Kier alpha value is -2.18. The molecule has 20 heavy (non-hydrogen) atoms. The summed E-state index contributed by atoms with van der Waals surface area (Å²) in [6.45, 7) is 0. The largest absolute Gasteiger partial charge is 0.348 e. The Kier molecular flexibility index (Phi) is 3.49. The molecule has 3 N–H and O–H groups in total. The molecule has 2 aromatic heterocycles. The molecule has 102 valence electrons. The van der Waals surface area contributed by atoms with E-state index in [1.165, 1.54) is 0 Å². The summed E-state index contributed by atoms with van der Waals surface area (Å²) in [6.07, 6.45) is 3.86. The predicted octanol–water partition coefficient (Wildman–Crippen LogP) is 2.36. The van der Waals surface area contributed by atoms with Crippen molar-refractivity contribution in [1.82, 2.24) is 20.1 Å². The Morgan fingerprint density at radius 2 is 2.20 bits per heavy atom. The predicted molar refractivity (Wildman–Crippen MR) is 74.0 cm³/mol. The van der Waals surface area contributed by atoms with E-state index in [0.29, 0.717) is 23.2 Å². The van der Waals surface area contributed by atoms with Gasteiger partial charge in [0.25, 0.3) is 0 Å². The van der Waals surface area contributed by atoms with Crippen molar-refractivity contribution >= 4 is 11.6 Å². The van der Waals surface area contributed by atoms with Gasteiger partial charge in [0.05, 0.1) is 17.4 Å². The van der Waals surface area contributed by atoms with E-state index in [9.17, 15) is 0 Å². The quantitative estimate of drug-likeness (QED) is 0.769. The topological polar surface area (TPSA) is 93.6 Å². The van der Waals surface area contributed by atoms with E-state index in [4.69, 9.17) is 21.9 Å². The average Bonchev–Trinajstić information content (AvgIpc) is 3.10. The Bertz CT molecular complexity index is 694. The summed E-state index contributed by atoms with van der Waals surface area (Å²) in [4.78, 5) is 11.2. The first-order chi connectivity index (χ1) is 9.74. The Balaban J connectivity index is 1.81. The van der Waals surface area contributed by atoms with E-state index in [0.717, 1.165) is 11.3 Å². The molecule has 3 rings (SSSR count). The van der Waals surface area contributed by atoms with E-state index in [-0.39, 0.29) is 6.04 Å². The SMILES string of the molecule is NC(Cc1cnc[nH]1)c1nc(-c2ccccc2Cl)no1. The van der Waals surface area contributed by atoms with Gasteiger partial charge in [0, 0.05) is 23.9 Å². The van der Waals surface area contributed by atoms with E-state index in [1.807, 2.05) is 18.2 Å². The molecular formula is C13H12ClN5O. The second kappa shape index (κ2) is 5.44. The van der Waals surface area contributed by atoms with Crippen LogP contribution in [0.2, 0.25) is 5.02 Å². The van der Waals surface area contributed by atoms with Crippen molar-refractivity contribution in [2.45, 2.75) is 12.5 Å². The normalized spacial score (nSPS) is 12.5. The standard InChI is InChI=1S/C13H12ClN5O/c14-10-4-2-1-3-9(10)12-18-13(20-19-12)11(15)5-8-6-16-7-17-8/h1-4,6-7,11H,5,15H2,(H,16,17). The highest BCUT2D eigenvalue weighted by Gasteiger charge is 2.17. The fourth-order valence-electron chi connectivity index (χ4n) is 1.86. The summed E-state index contributed by atoms with van der Waals surface area (Å²) < 4.78 is 5.21. The molecule has 1 aromatic carbocycles. The Morgan fingerprint density at radius 3 is 2.95 bits per heavy atom. The number of nitrogens with zero attached hydrogens (tertiary/aromatic N) is 3. The molecule has 0 fully saturated rings. The van der Waals surface area contributed by atoms with Crippen molar-refractivity contribution in [3.63, 3.8) is 0 Å². The first kappa shape index (κ1) is 12.8. The van der Waals surface area contributed by atoms with Gasteiger partial charge < -0.3 is 15.2 Å². The minimum atomic E-state index is -0.390. The zero-order valence-corrected chi connectivity index (χ0v) is 11.2. The van der Waals surface area contributed by atoms with Gasteiger partial charge in [-0.1, -0.05) is 28.9 Å². The van der Waals surface area contributed by atoms with Crippen molar-refractivity contribution in [2.24, 2.45) is 5.73 Å². The molecule has 1 atom stereocenters. The summed E-state index contributed by atoms with van der Waals surface area (Å²) in [6, 6.07) is 6.92. The van der Waals surface area contributed by atoms with Gasteiger partial charge >= 0.3 is 0 Å². The van der Waals surface area contributed by atoms with Gasteiger partial charge in [-0.2, -0.15) is 4.98 Å². The molecule has 0 aliphatic heterocycles. The molecule has 6 nitrogen and oxygen atoms in total. The third-order valence-corrected chi connectivity index (χ3v) is 3.20. The van der Waals surface area contributed by atoms with E-state index < -0.39 is 0 Å². The summed E-state index contributed by atoms with van der Waals surface area (Å²) in [5, 5.41) is 4.49. The maximum atomic E-state index is 6.10. The smallest absolute Gasteiger partial charge is 0.244 e. The first-order valence-electron chi connectivity index (χ1n) is 6.05. The number of hydrogen-bond acceptors (Lipinski definition) is 5. The summed E-state index contributed by atoms with van der Waals surface area (Å²) in [5.41, 5.74) is 7.67. The van der Waals surface area contributed by atoms with E-state index in [1.54, 1.807) is 18.6 Å². The monoisotopic (exact) mass is 289 g/mol. The van der Waals surface area contributed by atoms with Gasteiger partial charge in [-0.3, -0.25) is 0 Å². The molecule has 1 unspecified atom stereocenters. The lowest BCUT2D eigenvalue weighted by Gasteiger charge is -2.03. The first-order valence-corrected chi connectivity index (χ1v) is 6.43. The lowest BCUT2D eigenvalue weighted by molar-refractivity contribution is 0.354. The molecule has 0 saturated carbocycles. The molecule has 0 spiro atoms. The van der Waals surface area contributed by atoms with Crippen LogP contribution >= 0.6 is 11.6 Å². The van der Waals surface area contributed by atoms with Gasteiger partial charge in [0.2, 0.25) is 11.7 Å². The van der Waals surface area contributed by atoms with Crippen LogP contribution in [-0.4, -0.2) is 20.1 Å². The van der Waals surface area contributed by atoms with Gasteiger partial charge in [0.1, 0.15) is 0 Å². The van der Waals surface area contributed by atoms with Crippen molar-refractivity contribution in [2.75, 3.05) is 0 Å². The average molecular weight is 290 g/mol. The summed E-state index contributed by atoms with van der Waals surface area (Å²) in [7, 11) is 0. The van der Waals surface area contributed by atoms with Gasteiger partial charge in [-0.25, -0.2) is 4.98 Å². The van der Waals surface area contributed by atoms with Gasteiger partial charge in [0.15, 0.2) is 0 Å². The number of halogens is 1. The van der Waals surface area contributed by atoms with Crippen LogP contribution in [0.3, 0.4) is 0 Å². The number of benzene rings is 1. The second-order valence-corrected chi connectivity index (χ2v) is 4.73. The molecule has 0 amide bonds. The summed E-state index contributed by atoms with van der Waals surface area (Å²) >= 11 is 6.10. The van der Waals surface area contributed by atoms with Gasteiger partial charge in [-0.15, -0.1) is 0 Å². The molecule has 0 saturated heterocycles. The van der Waals surface area contributed by atoms with Crippen LogP contribution in [0, 0.1) is 0 Å². The third kappa shape index (κ3) is 2.56. The van der Waals surface area contributed by atoms with Crippen LogP contribution in [0.25, 0.3) is 11.4 Å². The molecule has 0 aliphatic rings. The highest BCUT2D eigenvalue weighted by Crippen LogP contribution is 2.26. The number of aromatic nitrogens is 4. The van der Waals surface area contributed by atoms with Crippen molar-refractivity contribution in [1.29, 1.82) is 0 Å². The molecule has 0 bridgehead atoms. The number of imidazole rings is 1. The molecule has 7 heteroatoms. The molecule has 0 radical (unpaired) electrons. The zero-order valence-electron chi connectivity index (χ0n) is 10.5. The highest BCUT2D eigenvalue weighted by molar-refractivity contribution is 6.33. The van der Waals surface area contributed by atoms with E-state index >= 15 is 0 Å². The number of nitrogens with two attached hydrogens (primary N) is 1. The van der Waals surface area contributed by atoms with Crippen LogP contribution in [0.15, 0.2) is 41.3 Å². The number of H-pyrrole nitrogens is 1. The van der Waals surface area contributed by atoms with E-state index in [2.05, 4.69) is 20.1 Å². The van der Waals surface area contributed by atoms with Crippen LogP contribution in [-0.2, 0) is 6.42 Å². The maximum Gasteiger partial charge on any atom is 0.244 e. The maximum absolute atomic E-state index is 6.10. The van der Waals surface area contributed by atoms with Crippen molar-refractivity contribution in [3.05, 3.63) is 53.4 Å². The van der Waals surface area contributed by atoms with Crippen LogP contribution in [0.5, 0.6) is 0 Å². The molecule has 2 heterocycles. The molecular weight excluding hydrogens is 278 g/mol. The summed E-state index contributed by atoms with van der Waals surface area (Å²) in [5.74, 6) is 0.806. The fourth-order valence-corrected chi connectivity index (χ4v) is 2.08. The third-order valence-electron chi connectivity index (χ3n) is 2.87. The van der Waals surface area contributed by atoms with Gasteiger partial charge in [-0.05, 0) is 12.1 Å². The molecule has 0 aliphatic carbocycles. The Labute approximate surface area is 120 Å². The number of aromatic amines is 1. The second-order valence-electron chi connectivity index (χ2n) is 4.32. The number of hydrogen-bond donors (Lipinski definition) is 2. The van der Waals surface area contributed by atoms with Crippen LogP contribution in [0.1, 0.15) is 17.6 Å². The molecule has 3 aromatic rings. The lowest BCUT2D eigenvalue weighted by Crippen LogP contribution is -2.14. The lowest BCUT2D eigenvalue weighted by atomic mass is 10.2. The minimum absolute atomic E-state index is 0.370. The van der Waals surface area contributed by atoms with Crippen molar-refractivity contribution in [3.8, 4) is 11.4 Å². The fraction of sp³-hybridized carbons (Fsp3) is 0.154. The Morgan fingerprint density at radius 1 is 1.35 bits per heavy atom. The number of nitrogens with one attached hydrogen (secondary N) is 1. The number of rotatable bonds is 4. The van der Waals surface area contributed by atoms with Crippen molar-refractivity contribution < 1.29 is 4.52 Å². The minimum Gasteiger partial charge on any atom is -0.348 e.